The van der Waals surface area contributed by atoms with Crippen molar-refractivity contribution in [1.29, 1.82) is 0 Å². The van der Waals surface area contributed by atoms with E-state index in [1.165, 1.54) is 0 Å². The minimum atomic E-state index is -3.39. The summed E-state index contributed by atoms with van der Waals surface area (Å²) >= 11 is 0. The summed E-state index contributed by atoms with van der Waals surface area (Å²) in [6, 6.07) is 10.9. The number of nitrogens with zero attached hydrogens (tertiary/aromatic N) is 3. The lowest BCUT2D eigenvalue weighted by atomic mass is 10.0. The molecule has 10 heteroatoms. The van der Waals surface area contributed by atoms with Gasteiger partial charge in [-0.15, -0.1) is 0 Å². The second-order valence-electron chi connectivity index (χ2n) is 9.05. The highest BCUT2D eigenvalue weighted by Crippen LogP contribution is 2.38. The second-order valence-corrected chi connectivity index (χ2v) is 10.9. The molecule has 1 aliphatic carbocycles. The Morgan fingerprint density at radius 3 is 2.76 bits per heavy atom. The predicted octanol–water partition coefficient (Wildman–Crippen LogP) is 3.24. The molecule has 1 aromatic heterocycles. The largest absolute Gasteiger partial charge is 0.489 e. The molecule has 182 valence electrons. The zero-order chi connectivity index (χ0) is 24.5. The predicted molar refractivity (Wildman–Crippen MR) is 132 cm³/mol. The first kappa shape index (κ1) is 24.2. The van der Waals surface area contributed by atoms with E-state index in [0.29, 0.717) is 41.7 Å². The van der Waals surface area contributed by atoms with Gasteiger partial charge in [-0.1, -0.05) is 23.4 Å². The monoisotopic (exact) mass is 485 g/mol. The molecule has 0 radical (unpaired) electrons. The van der Waals surface area contributed by atoms with Crippen LogP contribution in [0.2, 0.25) is 0 Å². The molecule has 3 aromatic rings. The lowest BCUT2D eigenvalue weighted by Gasteiger charge is -2.16. The second kappa shape index (κ2) is 9.73. The van der Waals surface area contributed by atoms with Crippen LogP contribution in [0.5, 0.6) is 5.75 Å². The maximum atomic E-state index is 12.5. The van der Waals surface area contributed by atoms with E-state index in [1.54, 1.807) is 12.1 Å². The van der Waals surface area contributed by atoms with Crippen molar-refractivity contribution in [1.82, 2.24) is 19.8 Å². The third-order valence-electron chi connectivity index (χ3n) is 5.69. The lowest BCUT2D eigenvalue weighted by molar-refractivity contribution is 0.244. The Bertz CT molecular complexity index is 1270. The summed E-state index contributed by atoms with van der Waals surface area (Å²) in [5.74, 6) is 1.49. The summed E-state index contributed by atoms with van der Waals surface area (Å²) in [7, 11) is 0.319. The van der Waals surface area contributed by atoms with E-state index in [9.17, 15) is 8.42 Å². The third-order valence-corrected chi connectivity index (χ3v) is 7.05. The Kier molecular flexibility index (Phi) is 6.92. The zero-order valence-electron chi connectivity index (χ0n) is 19.9. The van der Waals surface area contributed by atoms with Crippen molar-refractivity contribution in [2.45, 2.75) is 38.8 Å². The third kappa shape index (κ3) is 5.40. The van der Waals surface area contributed by atoms with Gasteiger partial charge in [0, 0.05) is 23.7 Å². The van der Waals surface area contributed by atoms with Crippen LogP contribution in [0.3, 0.4) is 0 Å². The highest BCUT2D eigenvalue weighted by molar-refractivity contribution is 7.89. The fourth-order valence-electron chi connectivity index (χ4n) is 4.06. The SMILES string of the molecule is CC(C)Oc1ccc(-c2nc(-c3cccc4c3CC[C@@H]4NS(=O)(=O)CCN(C)C)no2)cc1N. The summed E-state index contributed by atoms with van der Waals surface area (Å²) in [4.78, 5) is 6.44. The molecular formula is C24H31N5O4S. The van der Waals surface area contributed by atoms with Gasteiger partial charge < -0.3 is 19.9 Å². The van der Waals surface area contributed by atoms with Gasteiger partial charge in [0.25, 0.3) is 5.89 Å². The van der Waals surface area contributed by atoms with E-state index in [0.717, 1.165) is 23.1 Å². The number of nitrogens with two attached hydrogens (primary N) is 1. The van der Waals surface area contributed by atoms with Crippen molar-refractivity contribution >= 4 is 15.7 Å². The summed E-state index contributed by atoms with van der Waals surface area (Å²) in [5, 5.41) is 4.19. The quantitative estimate of drug-likeness (QED) is 0.443. The van der Waals surface area contributed by atoms with Crippen molar-refractivity contribution in [3.05, 3.63) is 47.5 Å². The minimum Gasteiger partial charge on any atom is -0.489 e. The van der Waals surface area contributed by atoms with Crippen molar-refractivity contribution in [3.8, 4) is 28.6 Å². The maximum Gasteiger partial charge on any atom is 0.258 e. The van der Waals surface area contributed by atoms with Crippen molar-refractivity contribution in [2.75, 3.05) is 32.1 Å². The first-order chi connectivity index (χ1) is 16.1. The van der Waals surface area contributed by atoms with Crippen LogP contribution in [-0.4, -0.2) is 56.0 Å². The minimum absolute atomic E-state index is 0.0182. The van der Waals surface area contributed by atoms with E-state index in [1.807, 2.05) is 57.1 Å². The normalized spacial score (nSPS) is 15.8. The van der Waals surface area contributed by atoms with Gasteiger partial charge in [-0.05, 0) is 70.1 Å². The number of fused-ring (bicyclic) bond motifs is 1. The summed E-state index contributed by atoms with van der Waals surface area (Å²) in [5.41, 5.74) is 10.2. The molecule has 1 heterocycles. The lowest BCUT2D eigenvalue weighted by Crippen LogP contribution is -2.33. The maximum absolute atomic E-state index is 12.5. The van der Waals surface area contributed by atoms with E-state index < -0.39 is 10.0 Å². The summed E-state index contributed by atoms with van der Waals surface area (Å²) in [6.45, 7) is 4.35. The first-order valence-corrected chi connectivity index (χ1v) is 13.0. The highest BCUT2D eigenvalue weighted by atomic mass is 32.2. The van der Waals surface area contributed by atoms with Gasteiger partial charge in [0.2, 0.25) is 15.8 Å². The Morgan fingerprint density at radius 1 is 1.26 bits per heavy atom. The summed E-state index contributed by atoms with van der Waals surface area (Å²) in [6.07, 6.45) is 1.43. The molecule has 0 unspecified atom stereocenters. The fraction of sp³-hybridized carbons (Fsp3) is 0.417. The van der Waals surface area contributed by atoms with Gasteiger partial charge in [-0.2, -0.15) is 4.98 Å². The van der Waals surface area contributed by atoms with E-state index in [2.05, 4.69) is 14.9 Å². The van der Waals surface area contributed by atoms with Gasteiger partial charge in [0.1, 0.15) is 5.75 Å². The Labute approximate surface area is 200 Å². The molecule has 1 aliphatic rings. The van der Waals surface area contributed by atoms with Crippen LogP contribution in [0.4, 0.5) is 5.69 Å². The molecule has 0 spiro atoms. The molecular weight excluding hydrogens is 454 g/mol. The van der Waals surface area contributed by atoms with Crippen LogP contribution in [0.25, 0.3) is 22.8 Å². The zero-order valence-corrected chi connectivity index (χ0v) is 20.7. The van der Waals surface area contributed by atoms with Crippen molar-refractivity contribution in [2.24, 2.45) is 0 Å². The van der Waals surface area contributed by atoms with Crippen LogP contribution >= 0.6 is 0 Å². The van der Waals surface area contributed by atoms with Crippen LogP contribution in [0, 0.1) is 0 Å². The van der Waals surface area contributed by atoms with E-state index >= 15 is 0 Å². The molecule has 0 saturated carbocycles. The molecule has 34 heavy (non-hydrogen) atoms. The molecule has 0 fully saturated rings. The van der Waals surface area contributed by atoms with Crippen LogP contribution in [0.1, 0.15) is 37.4 Å². The number of sulfonamides is 1. The average Bonchev–Trinajstić information content (AvgIpc) is 3.41. The molecule has 4 rings (SSSR count). The number of anilines is 1. The number of aromatic nitrogens is 2. The molecule has 0 aliphatic heterocycles. The number of benzene rings is 2. The van der Waals surface area contributed by atoms with Crippen LogP contribution in [0.15, 0.2) is 40.9 Å². The van der Waals surface area contributed by atoms with E-state index in [4.69, 9.17) is 15.0 Å². The Balaban J connectivity index is 1.56. The van der Waals surface area contributed by atoms with Gasteiger partial charge in [0.15, 0.2) is 0 Å². The van der Waals surface area contributed by atoms with Crippen LogP contribution < -0.4 is 15.2 Å². The van der Waals surface area contributed by atoms with Gasteiger partial charge in [0.05, 0.1) is 17.5 Å². The van der Waals surface area contributed by atoms with Gasteiger partial charge >= 0.3 is 0 Å². The topological polar surface area (TPSA) is 124 Å². The molecule has 0 bridgehead atoms. The van der Waals surface area contributed by atoms with E-state index in [-0.39, 0.29) is 17.9 Å². The Hall–Kier alpha value is -2.95. The number of ether oxygens (including phenoxy) is 1. The van der Waals surface area contributed by atoms with Gasteiger partial charge in [-0.25, -0.2) is 13.1 Å². The molecule has 2 aromatic carbocycles. The molecule has 3 N–H and O–H groups in total. The number of hydrogen-bond acceptors (Lipinski definition) is 8. The molecule has 0 amide bonds. The average molecular weight is 486 g/mol. The van der Waals surface area contributed by atoms with Crippen molar-refractivity contribution in [3.63, 3.8) is 0 Å². The smallest absolute Gasteiger partial charge is 0.258 e. The molecule has 0 saturated heterocycles. The van der Waals surface area contributed by atoms with Crippen LogP contribution in [-0.2, 0) is 16.4 Å². The van der Waals surface area contributed by atoms with Crippen molar-refractivity contribution < 1.29 is 17.7 Å². The first-order valence-electron chi connectivity index (χ1n) is 11.3. The number of rotatable bonds is 9. The number of nitrogen functional groups attached to an aromatic ring is 1. The molecule has 9 nitrogen and oxygen atoms in total. The molecule has 1 atom stereocenters. The summed E-state index contributed by atoms with van der Waals surface area (Å²) < 4.78 is 39.1. The number of hydrogen-bond donors (Lipinski definition) is 2. The highest BCUT2D eigenvalue weighted by Gasteiger charge is 2.29. The Morgan fingerprint density at radius 2 is 2.06 bits per heavy atom. The number of nitrogens with one attached hydrogen (secondary N) is 1. The standard InChI is InChI=1S/C24H31N5O4S/c1-15(2)32-22-11-8-16(14-20(22)25)24-26-23(27-33-24)19-7-5-6-18-17(19)9-10-21(18)28-34(30,31)13-12-29(3)4/h5-8,11,14-15,21,28H,9-10,12-13,25H2,1-4H3/t21-/m0/s1. The fourth-order valence-corrected chi connectivity index (χ4v) is 5.46. The van der Waals surface area contributed by atoms with Gasteiger partial charge in [-0.3, -0.25) is 0 Å².